The molecule has 9 heavy (non-hydrogen) atoms. The van der Waals surface area contributed by atoms with Crippen LogP contribution in [0.3, 0.4) is 0 Å². The van der Waals surface area contributed by atoms with Crippen LogP contribution in [0.2, 0.25) is 0 Å². The van der Waals surface area contributed by atoms with Crippen molar-refractivity contribution < 1.29 is 68.9 Å². The van der Waals surface area contributed by atoms with Crippen LogP contribution < -0.4 is 68.9 Å². The van der Waals surface area contributed by atoms with Gasteiger partial charge in [-0.15, -0.1) is 0 Å². The first-order chi connectivity index (χ1) is 3.13. The maximum absolute atomic E-state index is 9.81. The van der Waals surface area contributed by atoms with Gasteiger partial charge in [0.05, 0.1) is 0 Å². The Kier molecular flexibility index (Phi) is 21.0. The molecule has 0 spiro atoms. The molecule has 2 nitrogen and oxygen atoms in total. The summed E-state index contributed by atoms with van der Waals surface area (Å²) in [6.07, 6.45) is 0. The van der Waals surface area contributed by atoms with Crippen LogP contribution in [-0.4, -0.2) is 5.25 Å². The Labute approximate surface area is 105 Å². The molecule has 0 saturated carbocycles. The fourth-order valence-corrected chi connectivity index (χ4v) is 1.55. The van der Waals surface area contributed by atoms with Crippen LogP contribution in [0, 0.1) is 0 Å². The normalized spacial score (nSPS) is 8.67. The van der Waals surface area contributed by atoms with Crippen molar-refractivity contribution in [2.24, 2.45) is 0 Å². The molecule has 0 fully saturated rings. The molecule has 0 atom stereocenters. The fraction of sp³-hybridized carbons (Fsp3) is 1.00. The van der Waals surface area contributed by atoms with Crippen molar-refractivity contribution in [3.63, 3.8) is 0 Å². The molecule has 0 radical (unpaired) electrons. The van der Waals surface area contributed by atoms with Gasteiger partial charge < -0.3 is 9.79 Å². The van der Waals surface area contributed by atoms with Crippen LogP contribution >= 0.6 is 19.0 Å². The first kappa shape index (κ1) is 17.7. The average Bonchev–Trinajstić information content (AvgIpc) is 1.27. The van der Waals surface area contributed by atoms with Crippen molar-refractivity contribution >= 4 is 19.0 Å². The summed E-state index contributed by atoms with van der Waals surface area (Å²) in [5.74, 6) is 0. The van der Waals surface area contributed by atoms with Crippen molar-refractivity contribution in [1.29, 1.82) is 0 Å². The second-order valence-electron chi connectivity index (χ2n) is 1.38. The van der Waals surface area contributed by atoms with Crippen molar-refractivity contribution in [1.82, 2.24) is 0 Å². The smallest absolute Gasteiger partial charge is 0.834 e. The van der Waals surface area contributed by atoms with E-state index in [1.165, 1.54) is 0 Å². The molecule has 0 aliphatic heterocycles. The molecule has 0 rings (SSSR count). The number of rotatable bonds is 2. The summed E-state index contributed by atoms with van der Waals surface area (Å²) in [4.78, 5) is 19.6. The molecule has 0 aliphatic rings. The van der Waals surface area contributed by atoms with Gasteiger partial charge in [-0.25, -0.2) is 7.58 Å². The summed E-state index contributed by atoms with van der Waals surface area (Å²) in [7, 11) is -2.22. The van der Waals surface area contributed by atoms with E-state index in [2.05, 4.69) is 0 Å². The molecule has 0 aromatic rings. The zero-order valence-corrected chi connectivity index (χ0v) is 12.0. The molecule has 0 heterocycles. The van der Waals surface area contributed by atoms with Gasteiger partial charge in [0.15, 0.2) is 0 Å². The molecule has 44 valence electrons. The summed E-state index contributed by atoms with van der Waals surface area (Å²) >= 11 is 0.963. The molecule has 0 aromatic heterocycles. The van der Waals surface area contributed by atoms with Crippen LogP contribution in [-0.2, 0) is 0 Å². The van der Waals surface area contributed by atoms with Crippen LogP contribution in [0.4, 0.5) is 0 Å². The minimum absolute atomic E-state index is 0. The average molecular weight is 184 g/mol. The number of hydrogen-bond acceptors (Lipinski definition) is 3. The van der Waals surface area contributed by atoms with Crippen molar-refractivity contribution in [3.05, 3.63) is 0 Å². The summed E-state index contributed by atoms with van der Waals surface area (Å²) in [6.45, 7) is 3.69. The zero-order chi connectivity index (χ0) is 5.86. The van der Waals surface area contributed by atoms with Crippen molar-refractivity contribution in [3.8, 4) is 0 Å². The largest absolute Gasteiger partial charge is 1.00 e. The summed E-state index contributed by atoms with van der Waals surface area (Å²) in [5.41, 5.74) is 0. The van der Waals surface area contributed by atoms with Gasteiger partial charge in [-0.05, 0) is 0 Å². The Bertz CT molecular complexity index is 49.1. The molecule has 6 heteroatoms. The Morgan fingerprint density at radius 3 is 1.56 bits per heavy atom. The Morgan fingerprint density at radius 1 is 1.22 bits per heavy atom. The maximum Gasteiger partial charge on any atom is 1.00 e. The minimum atomic E-state index is -2.22. The first-order valence-corrected chi connectivity index (χ1v) is 4.60. The van der Waals surface area contributed by atoms with E-state index in [-0.39, 0.29) is 64.4 Å². The molecule has 0 unspecified atom stereocenters. The van der Waals surface area contributed by atoms with Crippen LogP contribution in [0.1, 0.15) is 13.8 Å². The molecule has 0 amide bonds. The molecular weight excluding hydrogens is 177 g/mol. The minimum Gasteiger partial charge on any atom is -0.834 e. The molecule has 0 N–H and O–H groups in total. The van der Waals surface area contributed by atoms with Crippen molar-refractivity contribution in [2.45, 2.75) is 19.1 Å². The van der Waals surface area contributed by atoms with E-state index in [0.29, 0.717) is 0 Å². The van der Waals surface area contributed by atoms with E-state index in [9.17, 15) is 9.79 Å². The van der Waals surface area contributed by atoms with Gasteiger partial charge in [0, 0.05) is 5.25 Å². The molecule has 0 saturated heterocycles. The maximum atomic E-state index is 9.81. The molecule has 0 aromatic carbocycles. The van der Waals surface area contributed by atoms with Crippen LogP contribution in [0.5, 0.6) is 0 Å². The molecule has 0 bridgehead atoms. The van der Waals surface area contributed by atoms with Gasteiger partial charge in [-0.3, -0.25) is 0 Å². The monoisotopic (exact) mass is 184 g/mol. The topological polar surface area (TPSA) is 46.1 Å². The standard InChI is InChI=1S/C3H7O2PS.2Na/c1-3(2)7-6(4)5;;/h3H,1-2H3;;/q-2;2*+1. The van der Waals surface area contributed by atoms with Crippen LogP contribution in [0.15, 0.2) is 0 Å². The van der Waals surface area contributed by atoms with Gasteiger partial charge >= 0.3 is 59.1 Å². The van der Waals surface area contributed by atoms with E-state index < -0.39 is 7.58 Å². The molecule has 0 aliphatic carbocycles. The van der Waals surface area contributed by atoms with E-state index in [0.717, 1.165) is 11.4 Å². The van der Waals surface area contributed by atoms with Gasteiger partial charge in [-0.1, -0.05) is 13.8 Å². The van der Waals surface area contributed by atoms with E-state index in [1.807, 2.05) is 13.8 Å². The first-order valence-electron chi connectivity index (χ1n) is 1.94. The van der Waals surface area contributed by atoms with E-state index in [4.69, 9.17) is 0 Å². The van der Waals surface area contributed by atoms with Gasteiger partial charge in [-0.2, -0.15) is 11.4 Å². The summed E-state index contributed by atoms with van der Waals surface area (Å²) < 4.78 is 0. The van der Waals surface area contributed by atoms with Gasteiger partial charge in [0.2, 0.25) is 0 Å². The predicted octanol–water partition coefficient (Wildman–Crippen LogP) is -5.92. The SMILES string of the molecule is CC(C)SP([O-])[O-].[Na+].[Na+]. The fourth-order valence-electron chi connectivity index (χ4n) is 0.172. The van der Waals surface area contributed by atoms with Gasteiger partial charge in [0.25, 0.3) is 0 Å². The third-order valence-electron chi connectivity index (χ3n) is 0.297. The summed E-state index contributed by atoms with van der Waals surface area (Å²) in [6, 6.07) is 0. The third-order valence-corrected chi connectivity index (χ3v) is 2.67. The second-order valence-corrected chi connectivity index (χ2v) is 4.51. The van der Waals surface area contributed by atoms with Crippen LogP contribution in [0.25, 0.3) is 0 Å². The zero-order valence-electron chi connectivity index (χ0n) is 6.25. The number of hydrogen-bond donors (Lipinski definition) is 0. The quantitative estimate of drug-likeness (QED) is 0.317. The summed E-state index contributed by atoms with van der Waals surface area (Å²) in [5, 5.41) is 0.195. The second kappa shape index (κ2) is 10.7. The van der Waals surface area contributed by atoms with Crippen molar-refractivity contribution in [2.75, 3.05) is 0 Å². The Morgan fingerprint density at radius 2 is 1.56 bits per heavy atom. The third kappa shape index (κ3) is 18.0. The van der Waals surface area contributed by atoms with E-state index >= 15 is 0 Å². The Hall–Kier alpha value is 2.70. The van der Waals surface area contributed by atoms with E-state index in [1.54, 1.807) is 0 Å². The molecular formula is C3H7Na2O2PS. The Balaban J connectivity index is -0.000000180. The van der Waals surface area contributed by atoms with Gasteiger partial charge in [0.1, 0.15) is 0 Å². The predicted molar refractivity (Wildman–Crippen MR) is 29.6 cm³/mol.